The molecule has 0 aromatic heterocycles. The molecule has 2 fully saturated rings. The number of likely N-dealkylation sites (N-methyl/N-ethyl adjacent to an activating group) is 1. The third-order valence-corrected chi connectivity index (χ3v) is 2.93. The van der Waals surface area contributed by atoms with Crippen molar-refractivity contribution in [2.45, 2.75) is 18.0 Å². The lowest BCUT2D eigenvalue weighted by Gasteiger charge is -2.46. The first-order chi connectivity index (χ1) is 4.76. The Bertz CT molecular complexity index is 133. The van der Waals surface area contributed by atoms with Gasteiger partial charge in [0.15, 0.2) is 0 Å². The fourth-order valence-electron chi connectivity index (χ4n) is 1.85. The highest BCUT2D eigenvalue weighted by Gasteiger charge is 2.50. The SMILES string of the molecule is CN1CCC(N)C12COC2. The van der Waals surface area contributed by atoms with E-state index in [1.54, 1.807) is 0 Å². The molecule has 1 unspecified atom stereocenters. The molecule has 1 spiro atoms. The van der Waals surface area contributed by atoms with Crippen LogP contribution in [0.25, 0.3) is 0 Å². The summed E-state index contributed by atoms with van der Waals surface area (Å²) < 4.78 is 5.18. The molecule has 0 aliphatic carbocycles. The van der Waals surface area contributed by atoms with Crippen molar-refractivity contribution >= 4 is 0 Å². The molecular formula is C7H14N2O. The normalized spacial score (nSPS) is 38.4. The van der Waals surface area contributed by atoms with Gasteiger partial charge in [0.2, 0.25) is 0 Å². The zero-order valence-corrected chi connectivity index (χ0v) is 6.34. The number of hydrogen-bond donors (Lipinski definition) is 1. The van der Waals surface area contributed by atoms with Gasteiger partial charge in [0.25, 0.3) is 0 Å². The van der Waals surface area contributed by atoms with Gasteiger partial charge >= 0.3 is 0 Å². The molecule has 1 atom stereocenters. The van der Waals surface area contributed by atoms with Gasteiger partial charge in [-0.3, -0.25) is 4.90 Å². The summed E-state index contributed by atoms with van der Waals surface area (Å²) in [7, 11) is 2.13. The maximum atomic E-state index is 5.94. The number of rotatable bonds is 0. The topological polar surface area (TPSA) is 38.5 Å². The Kier molecular flexibility index (Phi) is 1.27. The monoisotopic (exact) mass is 142 g/mol. The Hall–Kier alpha value is -0.120. The van der Waals surface area contributed by atoms with Gasteiger partial charge in [0.05, 0.1) is 18.8 Å². The van der Waals surface area contributed by atoms with Gasteiger partial charge in [-0.2, -0.15) is 0 Å². The van der Waals surface area contributed by atoms with E-state index in [9.17, 15) is 0 Å². The van der Waals surface area contributed by atoms with Crippen LogP contribution in [0.15, 0.2) is 0 Å². The fourth-order valence-corrected chi connectivity index (χ4v) is 1.85. The van der Waals surface area contributed by atoms with E-state index in [0.717, 1.165) is 26.2 Å². The molecule has 2 aliphatic heterocycles. The molecule has 10 heavy (non-hydrogen) atoms. The van der Waals surface area contributed by atoms with Crippen molar-refractivity contribution < 1.29 is 4.74 Å². The Morgan fingerprint density at radius 2 is 2.30 bits per heavy atom. The molecule has 58 valence electrons. The molecule has 0 amide bonds. The van der Waals surface area contributed by atoms with E-state index in [2.05, 4.69) is 11.9 Å². The maximum Gasteiger partial charge on any atom is 0.0829 e. The van der Waals surface area contributed by atoms with Gasteiger partial charge < -0.3 is 10.5 Å². The van der Waals surface area contributed by atoms with Crippen LogP contribution in [0.4, 0.5) is 0 Å². The number of nitrogens with two attached hydrogens (primary N) is 1. The van der Waals surface area contributed by atoms with Gasteiger partial charge in [-0.1, -0.05) is 0 Å². The standard InChI is InChI=1S/C7H14N2O/c1-9-3-2-6(8)7(9)4-10-5-7/h6H,2-5,8H2,1H3. The number of likely N-dealkylation sites (tertiary alicyclic amines) is 1. The number of ether oxygens (including phenoxy) is 1. The van der Waals surface area contributed by atoms with E-state index in [1.165, 1.54) is 0 Å². The van der Waals surface area contributed by atoms with Crippen molar-refractivity contribution in [3.05, 3.63) is 0 Å². The van der Waals surface area contributed by atoms with E-state index < -0.39 is 0 Å². The summed E-state index contributed by atoms with van der Waals surface area (Å²) in [6.45, 7) is 2.81. The molecule has 2 aliphatic rings. The highest BCUT2D eigenvalue weighted by Crippen LogP contribution is 2.33. The minimum atomic E-state index is 0.222. The molecule has 2 N–H and O–H groups in total. The average Bonchev–Trinajstić information content (AvgIpc) is 2.06. The van der Waals surface area contributed by atoms with Crippen molar-refractivity contribution in [3.8, 4) is 0 Å². The predicted octanol–water partition coefficient (Wildman–Crippen LogP) is -0.582. The third-order valence-electron chi connectivity index (χ3n) is 2.93. The summed E-state index contributed by atoms with van der Waals surface area (Å²) in [4.78, 5) is 2.33. The van der Waals surface area contributed by atoms with E-state index >= 15 is 0 Å². The molecule has 2 saturated heterocycles. The van der Waals surface area contributed by atoms with Crippen LogP contribution in [0.5, 0.6) is 0 Å². The van der Waals surface area contributed by atoms with Gasteiger partial charge in [0.1, 0.15) is 0 Å². The first kappa shape index (κ1) is 6.58. The van der Waals surface area contributed by atoms with E-state index in [4.69, 9.17) is 10.5 Å². The van der Waals surface area contributed by atoms with Crippen molar-refractivity contribution in [3.63, 3.8) is 0 Å². The van der Waals surface area contributed by atoms with E-state index in [0.29, 0.717) is 6.04 Å². The van der Waals surface area contributed by atoms with Crippen LogP contribution >= 0.6 is 0 Å². The smallest absolute Gasteiger partial charge is 0.0829 e. The van der Waals surface area contributed by atoms with E-state index in [1.807, 2.05) is 0 Å². The molecule has 2 heterocycles. The molecule has 0 aromatic rings. The summed E-state index contributed by atoms with van der Waals surface area (Å²) in [6.07, 6.45) is 1.12. The van der Waals surface area contributed by atoms with Crippen molar-refractivity contribution in [2.75, 3.05) is 26.8 Å². The van der Waals surface area contributed by atoms with Crippen molar-refractivity contribution in [2.24, 2.45) is 5.73 Å². The molecule has 0 radical (unpaired) electrons. The third kappa shape index (κ3) is 0.603. The van der Waals surface area contributed by atoms with E-state index in [-0.39, 0.29) is 5.54 Å². The van der Waals surface area contributed by atoms with Gasteiger partial charge in [-0.15, -0.1) is 0 Å². The Labute approximate surface area is 61.1 Å². The zero-order chi connectivity index (χ0) is 7.19. The lowest BCUT2D eigenvalue weighted by molar-refractivity contribution is -0.121. The van der Waals surface area contributed by atoms with Crippen LogP contribution in [0.1, 0.15) is 6.42 Å². The summed E-state index contributed by atoms with van der Waals surface area (Å²) in [5, 5.41) is 0. The summed E-state index contributed by atoms with van der Waals surface area (Å²) in [6, 6.07) is 0.339. The van der Waals surface area contributed by atoms with Crippen LogP contribution in [0.2, 0.25) is 0 Å². The minimum absolute atomic E-state index is 0.222. The number of nitrogens with zero attached hydrogens (tertiary/aromatic N) is 1. The fraction of sp³-hybridized carbons (Fsp3) is 1.00. The van der Waals surface area contributed by atoms with Gasteiger partial charge in [-0.05, 0) is 13.5 Å². The largest absolute Gasteiger partial charge is 0.377 e. The van der Waals surface area contributed by atoms with Crippen molar-refractivity contribution in [1.29, 1.82) is 0 Å². The second kappa shape index (κ2) is 1.94. The second-order valence-corrected chi connectivity index (χ2v) is 3.41. The Balaban J connectivity index is 2.15. The summed E-state index contributed by atoms with van der Waals surface area (Å²) in [5.41, 5.74) is 6.17. The number of hydrogen-bond acceptors (Lipinski definition) is 3. The molecule has 3 nitrogen and oxygen atoms in total. The first-order valence-electron chi connectivity index (χ1n) is 3.80. The molecular weight excluding hydrogens is 128 g/mol. The van der Waals surface area contributed by atoms with Crippen molar-refractivity contribution in [1.82, 2.24) is 4.90 Å². The summed E-state index contributed by atoms with van der Waals surface area (Å²) >= 11 is 0. The molecule has 2 rings (SSSR count). The maximum absolute atomic E-state index is 5.94. The quantitative estimate of drug-likeness (QED) is 0.491. The van der Waals surface area contributed by atoms with Crippen LogP contribution in [-0.4, -0.2) is 43.3 Å². The highest BCUT2D eigenvalue weighted by atomic mass is 16.5. The molecule has 0 aromatic carbocycles. The molecule has 0 saturated carbocycles. The van der Waals surface area contributed by atoms with Gasteiger partial charge in [0, 0.05) is 12.6 Å². The minimum Gasteiger partial charge on any atom is -0.377 e. The van der Waals surface area contributed by atoms with Crippen LogP contribution in [-0.2, 0) is 4.74 Å². The second-order valence-electron chi connectivity index (χ2n) is 3.41. The van der Waals surface area contributed by atoms with Crippen LogP contribution in [0, 0.1) is 0 Å². The first-order valence-corrected chi connectivity index (χ1v) is 3.80. The Morgan fingerprint density at radius 1 is 1.60 bits per heavy atom. The highest BCUT2D eigenvalue weighted by molar-refractivity contribution is 5.07. The molecule has 3 heteroatoms. The lowest BCUT2D eigenvalue weighted by Crippen LogP contribution is -2.65. The Morgan fingerprint density at radius 3 is 2.50 bits per heavy atom. The lowest BCUT2D eigenvalue weighted by atomic mass is 9.90. The molecule has 0 bridgehead atoms. The van der Waals surface area contributed by atoms with Crippen LogP contribution < -0.4 is 5.73 Å². The predicted molar refractivity (Wildman–Crippen MR) is 38.8 cm³/mol. The van der Waals surface area contributed by atoms with Crippen LogP contribution in [0.3, 0.4) is 0 Å². The average molecular weight is 142 g/mol. The summed E-state index contributed by atoms with van der Waals surface area (Å²) in [5.74, 6) is 0. The van der Waals surface area contributed by atoms with Gasteiger partial charge in [-0.25, -0.2) is 0 Å². The zero-order valence-electron chi connectivity index (χ0n) is 6.34.